The zero-order valence-corrected chi connectivity index (χ0v) is 59.0. The molecule has 9 amide bonds. The maximum Gasteiger partial charge on any atom is 0.305 e. The lowest BCUT2D eigenvalue weighted by atomic mass is 9.76. The Balaban J connectivity index is 0.963. The van der Waals surface area contributed by atoms with Crippen LogP contribution in [0.2, 0.25) is 0 Å². The van der Waals surface area contributed by atoms with Crippen LogP contribution in [0.3, 0.4) is 0 Å². The fourth-order valence-corrected chi connectivity index (χ4v) is 17.2. The predicted molar refractivity (Wildman–Crippen MR) is 376 cm³/mol. The number of aliphatic carboxylic acids is 1. The number of H-pyrrole nitrogens is 2. The van der Waals surface area contributed by atoms with Gasteiger partial charge in [-0.05, 0) is 169 Å². The van der Waals surface area contributed by atoms with Crippen molar-refractivity contribution in [2.45, 2.75) is 207 Å². The van der Waals surface area contributed by atoms with Crippen LogP contribution in [0.25, 0.3) is 11.0 Å². The number of thioether (sulfide) groups is 2. The molecule has 0 spiro atoms. The van der Waals surface area contributed by atoms with E-state index >= 15 is 28.0 Å². The van der Waals surface area contributed by atoms with Gasteiger partial charge in [-0.1, -0.05) is 24.3 Å². The topological polar surface area (TPSA) is 398 Å². The Labute approximate surface area is 594 Å². The van der Waals surface area contributed by atoms with Gasteiger partial charge in [0, 0.05) is 97.1 Å². The quantitative estimate of drug-likeness (QED) is 0.0806. The fraction of sp³-hybridized carbons (Fsp3) is 0.629. The summed E-state index contributed by atoms with van der Waals surface area (Å²) in [5.41, 5.74) is 8.03. The molecular formula is C70H98F2N16O11S2. The number of benzene rings is 1. The van der Waals surface area contributed by atoms with Crippen LogP contribution in [-0.2, 0) is 72.3 Å². The van der Waals surface area contributed by atoms with Crippen molar-refractivity contribution in [1.29, 1.82) is 0 Å². The summed E-state index contributed by atoms with van der Waals surface area (Å²) in [4.78, 5) is 162. The van der Waals surface area contributed by atoms with E-state index in [9.17, 15) is 33.9 Å². The van der Waals surface area contributed by atoms with Gasteiger partial charge >= 0.3 is 5.97 Å². The van der Waals surface area contributed by atoms with E-state index in [1.807, 2.05) is 18.2 Å². The lowest BCUT2D eigenvalue weighted by Gasteiger charge is -2.36. The number of nitrogens with one attached hydrogen (secondary N) is 12. The zero-order valence-electron chi connectivity index (χ0n) is 57.3. The fourth-order valence-electron chi connectivity index (χ4n) is 15.5. The van der Waals surface area contributed by atoms with Crippen molar-refractivity contribution >= 4 is 93.7 Å². The van der Waals surface area contributed by atoms with Gasteiger partial charge in [0.25, 0.3) is 0 Å². The molecule has 101 heavy (non-hydrogen) atoms. The minimum Gasteiger partial charge on any atom is -0.481 e. The van der Waals surface area contributed by atoms with Crippen LogP contribution >= 0.6 is 23.5 Å². The van der Waals surface area contributed by atoms with Gasteiger partial charge in [-0.15, -0.1) is 0 Å². The first-order valence-electron chi connectivity index (χ1n) is 35.6. The number of fused-ring (bicyclic) bond motifs is 6. The maximum atomic E-state index is 15.3. The number of aromatic nitrogens is 4. The number of imidazole rings is 1. The molecule has 27 nitrogen and oxygen atoms in total. The number of carbonyl (C=O) groups is 10. The van der Waals surface area contributed by atoms with Gasteiger partial charge in [0.2, 0.25) is 53.2 Å². The number of hydrogen-bond donors (Lipinski definition) is 14. The Morgan fingerprint density at radius 1 is 0.703 bits per heavy atom. The normalized spacial score (nSPS) is 31.6. The summed E-state index contributed by atoms with van der Waals surface area (Å²) in [5, 5.41) is 40.4. The third-order valence-electron chi connectivity index (χ3n) is 21.0. The van der Waals surface area contributed by atoms with Crippen LogP contribution in [0.4, 0.5) is 8.78 Å². The summed E-state index contributed by atoms with van der Waals surface area (Å²) in [7, 11) is 0. The molecule has 1 aromatic carbocycles. The second-order valence-corrected chi connectivity index (χ2v) is 30.4. The van der Waals surface area contributed by atoms with Crippen LogP contribution in [0.1, 0.15) is 133 Å². The Morgan fingerprint density at radius 2 is 1.32 bits per heavy atom. The molecule has 15 N–H and O–H groups in total. The van der Waals surface area contributed by atoms with E-state index in [1.54, 1.807) is 55.0 Å². The van der Waals surface area contributed by atoms with Crippen molar-refractivity contribution in [2.75, 3.05) is 44.2 Å². The van der Waals surface area contributed by atoms with Gasteiger partial charge in [-0.25, -0.2) is 18.7 Å². The summed E-state index contributed by atoms with van der Waals surface area (Å²) >= 11 is 3.16. The highest BCUT2D eigenvalue weighted by Crippen LogP contribution is 2.40. The standard InChI is InChI=1S/C70H98F2N16O11S2/c1-39-62(92)83-54(25-43-32-77-51-14-12-45(71)28-49(43)51)64(94)84-55(26-44-33-78-52-15-13-46(72)29-50(44)52)65(95)86-57(31-60(90)91)67(97)85-56(30-47-35-74-38-80-47)66(96)87-58(27-42-34-79-61-48(42)10-6-19-75-61)68(98)88-21-7-17-70(88,2)69(99)76-20-23-101-37-41-9-5-8-40(24-41)36-100-22-16-59(89)82-53(63(93)81-39)11-3-4-18-73/h5-6,8-10,19,24,34-35,38-39,43-46,49-58,77-78H,3-4,7,11-18,20-23,25-33,36-37,73H2,1-2H3,(H,74,80)(H,75,79)(H,76,99)(H,81,93)(H,82,89)(H,83,92)(H,84,94)(H,85,97)(H,86,95)(H,87,96)(H,90,91)/t39-,43?,44?,45?,46?,49?,50?,51?,52?,53+,54+,55+,56+,57+,58+,70+/m1/s1. The Kier molecular flexibility index (Phi) is 27.0. The zero-order chi connectivity index (χ0) is 71.7. The molecule has 2 aliphatic carbocycles. The van der Waals surface area contributed by atoms with E-state index < -0.39 is 120 Å². The van der Waals surface area contributed by atoms with E-state index in [0.717, 1.165) is 11.1 Å². The van der Waals surface area contributed by atoms with E-state index in [0.29, 0.717) is 116 Å². The molecule has 8 unspecified atom stereocenters. The van der Waals surface area contributed by atoms with Crippen molar-refractivity contribution in [2.24, 2.45) is 29.4 Å². The number of rotatable bonds is 14. The van der Waals surface area contributed by atoms with Gasteiger partial charge in [0.1, 0.15) is 65.8 Å². The molecule has 4 aliphatic heterocycles. The SMILES string of the molecule is C[C@H]1NC(=O)[C@H](CCCCN)NC(=O)CCSCc2cccc(c2)CSCCNC(=O)[C@]2(C)CCCN2C(=O)[C@H](Cc2c[nH]c3ncccc23)NC(=O)[C@H](Cc2cnc[nH]2)NC(=O)[C@H](CC(=O)O)NC(=O)[C@H](CC2CNC3CCC(F)CC23)NC(=O)[C@H](CC2CNC3CCC(F)CC23)NC1=O. The molecule has 16 atom stereocenters. The van der Waals surface area contributed by atoms with Crippen molar-refractivity contribution in [1.82, 2.24) is 78.0 Å². The first kappa shape index (κ1) is 75.9. The molecule has 7 heterocycles. The average molecular weight is 1440 g/mol. The minimum atomic E-state index is -1.93. The Morgan fingerprint density at radius 3 is 1.97 bits per heavy atom. The highest BCUT2D eigenvalue weighted by Gasteiger charge is 2.49. The Hall–Kier alpha value is -7.74. The molecule has 5 fully saturated rings. The molecule has 6 aliphatic rings. The molecule has 2 bridgehead atoms. The number of halogens is 2. The largest absolute Gasteiger partial charge is 0.481 e. The van der Waals surface area contributed by atoms with Gasteiger partial charge in [-0.3, -0.25) is 47.9 Å². The molecule has 550 valence electrons. The average Bonchev–Trinajstić information content (AvgIpc) is 1.66. The van der Waals surface area contributed by atoms with Crippen LogP contribution < -0.4 is 58.9 Å². The van der Waals surface area contributed by atoms with Crippen molar-refractivity contribution < 1.29 is 61.8 Å². The summed E-state index contributed by atoms with van der Waals surface area (Å²) in [6.07, 6.45) is 6.38. The second kappa shape index (κ2) is 35.9. The number of unbranched alkanes of at least 4 members (excludes halogenated alkanes) is 1. The van der Waals surface area contributed by atoms with E-state index in [-0.39, 0.29) is 106 Å². The summed E-state index contributed by atoms with van der Waals surface area (Å²) in [6, 6.07) is 1.20. The highest BCUT2D eigenvalue weighted by atomic mass is 32.2. The molecule has 3 aromatic heterocycles. The molecule has 3 saturated heterocycles. The predicted octanol–water partition coefficient (Wildman–Crippen LogP) is 2.39. The molecule has 4 aromatic rings. The lowest BCUT2D eigenvalue weighted by molar-refractivity contribution is -0.146. The number of amides is 9. The first-order chi connectivity index (χ1) is 48.6. The van der Waals surface area contributed by atoms with Crippen molar-refractivity contribution in [3.63, 3.8) is 0 Å². The Bertz CT molecular complexity index is 3560. The molecular weight excluding hydrogens is 1340 g/mol. The number of nitrogens with two attached hydrogens (primary N) is 1. The van der Waals surface area contributed by atoms with Crippen LogP contribution in [-0.4, -0.2) is 206 Å². The van der Waals surface area contributed by atoms with Crippen LogP contribution in [0.5, 0.6) is 0 Å². The van der Waals surface area contributed by atoms with Crippen LogP contribution in [0.15, 0.2) is 61.3 Å². The first-order valence-corrected chi connectivity index (χ1v) is 37.9. The number of aromatic amines is 2. The number of nitrogens with zero attached hydrogens (tertiary/aromatic N) is 3. The number of carbonyl (C=O) groups excluding carboxylic acids is 9. The number of carboxylic acid groups (broad SMARTS) is 1. The summed E-state index contributed by atoms with van der Waals surface area (Å²) < 4.78 is 30.5. The third-order valence-corrected chi connectivity index (χ3v) is 23.1. The monoisotopic (exact) mass is 1440 g/mol. The molecule has 2 saturated carbocycles. The van der Waals surface area contributed by atoms with E-state index in [2.05, 4.69) is 79.2 Å². The third kappa shape index (κ3) is 20.3. The minimum absolute atomic E-state index is 0.0467. The summed E-state index contributed by atoms with van der Waals surface area (Å²) in [6.45, 7) is 4.59. The number of carboxylic acids is 1. The van der Waals surface area contributed by atoms with Gasteiger partial charge in [0.05, 0.1) is 12.7 Å². The van der Waals surface area contributed by atoms with Gasteiger partial charge in [0.15, 0.2) is 0 Å². The second-order valence-electron chi connectivity index (χ2n) is 28.2. The number of pyridine rings is 1. The van der Waals surface area contributed by atoms with E-state index in [4.69, 9.17) is 5.73 Å². The lowest BCUT2D eigenvalue weighted by Crippen LogP contribution is -2.62. The number of alkyl halides is 2. The van der Waals surface area contributed by atoms with E-state index in [1.165, 1.54) is 24.3 Å². The van der Waals surface area contributed by atoms with Crippen molar-refractivity contribution in [3.05, 3.63) is 83.7 Å². The van der Waals surface area contributed by atoms with Gasteiger partial charge < -0.3 is 78.9 Å². The van der Waals surface area contributed by atoms with Gasteiger partial charge in [-0.2, -0.15) is 23.5 Å². The maximum absolute atomic E-state index is 15.3. The molecule has 31 heteroatoms. The molecule has 10 rings (SSSR count). The molecule has 0 radical (unpaired) electrons. The van der Waals surface area contributed by atoms with Crippen LogP contribution in [0, 0.1) is 23.7 Å². The number of hydrogen-bond acceptors (Lipinski definition) is 17. The smallest absolute Gasteiger partial charge is 0.305 e. The summed E-state index contributed by atoms with van der Waals surface area (Å²) in [5.74, 6) is -7.36. The van der Waals surface area contributed by atoms with Crippen molar-refractivity contribution in [3.8, 4) is 0 Å². The highest BCUT2D eigenvalue weighted by molar-refractivity contribution is 7.98.